The van der Waals surface area contributed by atoms with Crippen LogP contribution < -0.4 is 5.14 Å². The van der Waals surface area contributed by atoms with Crippen LogP contribution in [0.15, 0.2) is 18.2 Å². The first-order chi connectivity index (χ1) is 7.53. The van der Waals surface area contributed by atoms with Gasteiger partial charge in [-0.3, -0.25) is 0 Å². The van der Waals surface area contributed by atoms with Crippen LogP contribution in [0.3, 0.4) is 0 Å². The summed E-state index contributed by atoms with van der Waals surface area (Å²) in [7, 11) is -4.86. The lowest BCUT2D eigenvalue weighted by Gasteiger charge is -2.19. The van der Waals surface area contributed by atoms with E-state index in [4.69, 9.17) is 23.2 Å². The number of alkyl halides is 3. The average Bonchev–Trinajstić information content (AvgIpc) is 2.04. The molecule has 0 fully saturated rings. The monoisotopic (exact) mass is 307 g/mol. The van der Waals surface area contributed by atoms with Crippen molar-refractivity contribution in [1.29, 1.82) is 0 Å². The number of nitrogens with two attached hydrogens (primary N) is 1. The molecule has 1 aromatic carbocycles. The second-order valence-corrected chi connectivity index (χ2v) is 5.67. The van der Waals surface area contributed by atoms with Gasteiger partial charge in [0.2, 0.25) is 10.0 Å². The zero-order valence-electron chi connectivity index (χ0n) is 8.00. The topological polar surface area (TPSA) is 60.2 Å². The molecule has 9 heteroatoms. The third-order valence-electron chi connectivity index (χ3n) is 1.87. The molecule has 0 spiro atoms. The van der Waals surface area contributed by atoms with E-state index in [-0.39, 0.29) is 5.02 Å². The molecule has 96 valence electrons. The van der Waals surface area contributed by atoms with Gasteiger partial charge in [-0.25, -0.2) is 13.6 Å². The minimum absolute atomic E-state index is 0.0918. The first kappa shape index (κ1) is 14.6. The van der Waals surface area contributed by atoms with Crippen LogP contribution in [-0.2, 0) is 10.0 Å². The minimum Gasteiger partial charge on any atom is -0.228 e. The second-order valence-electron chi connectivity index (χ2n) is 3.18. The highest BCUT2D eigenvalue weighted by Crippen LogP contribution is 2.41. The van der Waals surface area contributed by atoms with E-state index in [0.29, 0.717) is 0 Å². The maximum Gasteiger partial charge on any atom is 0.410 e. The molecule has 17 heavy (non-hydrogen) atoms. The van der Waals surface area contributed by atoms with Crippen molar-refractivity contribution in [3.05, 3.63) is 33.8 Å². The van der Waals surface area contributed by atoms with E-state index in [2.05, 4.69) is 5.14 Å². The molecule has 1 aromatic rings. The summed E-state index contributed by atoms with van der Waals surface area (Å²) in [5.41, 5.74) is -0.647. The van der Waals surface area contributed by atoms with Crippen LogP contribution in [0.2, 0.25) is 10.0 Å². The summed E-state index contributed by atoms with van der Waals surface area (Å²) in [6.07, 6.45) is -5.05. The van der Waals surface area contributed by atoms with Gasteiger partial charge in [-0.15, -0.1) is 0 Å². The summed E-state index contributed by atoms with van der Waals surface area (Å²) < 4.78 is 59.9. The van der Waals surface area contributed by atoms with Crippen molar-refractivity contribution in [1.82, 2.24) is 0 Å². The predicted octanol–water partition coefficient (Wildman–Crippen LogP) is 2.89. The van der Waals surface area contributed by atoms with Crippen molar-refractivity contribution in [3.63, 3.8) is 0 Å². The van der Waals surface area contributed by atoms with Crippen LogP contribution in [0.1, 0.15) is 10.8 Å². The molecule has 0 saturated carbocycles. The molecule has 0 aliphatic rings. The highest BCUT2D eigenvalue weighted by molar-refractivity contribution is 7.89. The lowest BCUT2D eigenvalue weighted by molar-refractivity contribution is -0.131. The van der Waals surface area contributed by atoms with E-state index < -0.39 is 32.0 Å². The Morgan fingerprint density at radius 1 is 1.24 bits per heavy atom. The highest BCUT2D eigenvalue weighted by Gasteiger charge is 2.49. The fourth-order valence-electron chi connectivity index (χ4n) is 1.25. The molecule has 1 rings (SSSR count). The van der Waals surface area contributed by atoms with Gasteiger partial charge in [0.05, 0.1) is 0 Å². The Balaban J connectivity index is 3.44. The molecule has 0 aliphatic carbocycles. The molecule has 0 aliphatic heterocycles. The van der Waals surface area contributed by atoms with Crippen molar-refractivity contribution in [2.45, 2.75) is 11.4 Å². The zero-order valence-corrected chi connectivity index (χ0v) is 10.3. The SMILES string of the molecule is NS(=O)(=O)C(c1ccc(Cl)cc1Cl)C(F)(F)F. The standard InChI is InChI=1S/C8H6Cl2F3NO2S/c9-4-1-2-5(6(10)3-4)7(8(11,12)13)17(14,15)16/h1-3,7H,(H2,14,15,16). The number of hydrogen-bond donors (Lipinski definition) is 1. The van der Waals surface area contributed by atoms with Crippen LogP contribution >= 0.6 is 23.2 Å². The number of hydrogen-bond acceptors (Lipinski definition) is 2. The Morgan fingerprint density at radius 2 is 1.76 bits per heavy atom. The second kappa shape index (κ2) is 4.64. The summed E-state index contributed by atoms with van der Waals surface area (Å²) in [6.45, 7) is 0. The van der Waals surface area contributed by atoms with Gasteiger partial charge in [-0.1, -0.05) is 29.3 Å². The van der Waals surface area contributed by atoms with Crippen molar-refractivity contribution >= 4 is 33.2 Å². The Morgan fingerprint density at radius 3 is 2.12 bits per heavy atom. The third kappa shape index (κ3) is 3.48. The number of benzene rings is 1. The number of rotatable bonds is 2. The van der Waals surface area contributed by atoms with Crippen molar-refractivity contribution in [3.8, 4) is 0 Å². The van der Waals surface area contributed by atoms with E-state index in [9.17, 15) is 21.6 Å². The molecule has 0 saturated heterocycles. The van der Waals surface area contributed by atoms with E-state index in [0.717, 1.165) is 18.2 Å². The first-order valence-corrected chi connectivity index (χ1v) is 6.43. The number of primary sulfonamides is 1. The molecule has 1 atom stereocenters. The van der Waals surface area contributed by atoms with Crippen molar-refractivity contribution in [2.75, 3.05) is 0 Å². The van der Waals surface area contributed by atoms with Crippen molar-refractivity contribution < 1.29 is 21.6 Å². The lowest BCUT2D eigenvalue weighted by Crippen LogP contribution is -2.33. The zero-order chi connectivity index (χ0) is 13.4. The predicted molar refractivity (Wildman–Crippen MR) is 58.4 cm³/mol. The van der Waals surface area contributed by atoms with Gasteiger partial charge >= 0.3 is 6.18 Å². The van der Waals surface area contributed by atoms with Gasteiger partial charge in [0.1, 0.15) is 0 Å². The fraction of sp³-hybridized carbons (Fsp3) is 0.250. The first-order valence-electron chi connectivity index (χ1n) is 4.07. The Labute approximate surface area is 105 Å². The summed E-state index contributed by atoms with van der Waals surface area (Å²) in [4.78, 5) is 0. The van der Waals surface area contributed by atoms with Crippen LogP contribution in [0.25, 0.3) is 0 Å². The smallest absolute Gasteiger partial charge is 0.228 e. The maximum absolute atomic E-state index is 12.6. The normalized spacial score (nSPS) is 14.7. The largest absolute Gasteiger partial charge is 0.410 e. The molecule has 0 radical (unpaired) electrons. The van der Waals surface area contributed by atoms with E-state index in [1.807, 2.05) is 0 Å². The van der Waals surface area contributed by atoms with Gasteiger partial charge in [0.25, 0.3) is 0 Å². The van der Waals surface area contributed by atoms with Gasteiger partial charge in [-0.05, 0) is 17.7 Å². The van der Waals surface area contributed by atoms with E-state index in [1.165, 1.54) is 0 Å². The average molecular weight is 308 g/mol. The van der Waals surface area contributed by atoms with Gasteiger partial charge in [0, 0.05) is 10.0 Å². The maximum atomic E-state index is 12.6. The molecule has 0 bridgehead atoms. The lowest BCUT2D eigenvalue weighted by atomic mass is 10.1. The Bertz CT molecular complexity index is 530. The Kier molecular flexibility index (Phi) is 3.97. The molecule has 0 aromatic heterocycles. The van der Waals surface area contributed by atoms with Gasteiger partial charge < -0.3 is 0 Å². The summed E-state index contributed by atoms with van der Waals surface area (Å²) in [5.74, 6) is 0. The molecule has 0 amide bonds. The Hall–Kier alpha value is -0.500. The molecule has 1 unspecified atom stereocenters. The van der Waals surface area contributed by atoms with E-state index in [1.54, 1.807) is 0 Å². The summed E-state index contributed by atoms with van der Waals surface area (Å²) >= 11 is 11.0. The van der Waals surface area contributed by atoms with Crippen LogP contribution in [0.4, 0.5) is 13.2 Å². The van der Waals surface area contributed by atoms with Gasteiger partial charge in [0.15, 0.2) is 5.25 Å². The molecular formula is C8H6Cl2F3NO2S. The summed E-state index contributed by atoms with van der Waals surface area (Å²) in [6, 6.07) is 3.00. The molecular weight excluding hydrogens is 302 g/mol. The van der Waals surface area contributed by atoms with Crippen LogP contribution in [0, 0.1) is 0 Å². The van der Waals surface area contributed by atoms with Gasteiger partial charge in [-0.2, -0.15) is 13.2 Å². The van der Waals surface area contributed by atoms with Crippen LogP contribution in [-0.4, -0.2) is 14.6 Å². The number of halogens is 5. The fourth-order valence-corrected chi connectivity index (χ4v) is 2.77. The molecule has 2 N–H and O–H groups in total. The van der Waals surface area contributed by atoms with Crippen molar-refractivity contribution in [2.24, 2.45) is 5.14 Å². The van der Waals surface area contributed by atoms with Crippen LogP contribution in [0.5, 0.6) is 0 Å². The number of sulfonamides is 1. The highest BCUT2D eigenvalue weighted by atomic mass is 35.5. The minimum atomic E-state index is -5.05. The quantitative estimate of drug-likeness (QED) is 0.913. The molecule has 0 heterocycles. The molecule has 3 nitrogen and oxygen atoms in total. The summed E-state index contributed by atoms with van der Waals surface area (Å²) in [5, 5.41) is 1.39. The van der Waals surface area contributed by atoms with E-state index >= 15 is 0 Å². The third-order valence-corrected chi connectivity index (χ3v) is 3.61.